The summed E-state index contributed by atoms with van der Waals surface area (Å²) in [4.78, 5) is 29.3. The van der Waals surface area contributed by atoms with E-state index in [4.69, 9.17) is 9.47 Å². The number of guanidine groups is 1. The predicted octanol–water partition coefficient (Wildman–Crippen LogP) is 1.69. The van der Waals surface area contributed by atoms with Crippen LogP contribution in [-0.2, 0) is 9.47 Å². The van der Waals surface area contributed by atoms with Crippen molar-refractivity contribution < 1.29 is 19.1 Å². The summed E-state index contributed by atoms with van der Waals surface area (Å²) in [7, 11) is 1.69. The average Bonchev–Trinajstić information content (AvgIpc) is 2.43. The fourth-order valence-corrected chi connectivity index (χ4v) is 2.23. The van der Waals surface area contributed by atoms with Crippen LogP contribution in [0.25, 0.3) is 0 Å². The molecule has 0 aromatic carbocycles. The van der Waals surface area contributed by atoms with Gasteiger partial charge >= 0.3 is 12.2 Å². The summed E-state index contributed by atoms with van der Waals surface area (Å²) >= 11 is 0. The maximum atomic E-state index is 11.9. The van der Waals surface area contributed by atoms with Crippen LogP contribution in [0.4, 0.5) is 9.59 Å². The van der Waals surface area contributed by atoms with E-state index in [1.54, 1.807) is 11.9 Å². The molecule has 0 aromatic heterocycles. The molecule has 1 fully saturated rings. The van der Waals surface area contributed by atoms with E-state index in [1.807, 2.05) is 41.5 Å². The minimum atomic E-state index is -0.496. The van der Waals surface area contributed by atoms with E-state index in [2.05, 4.69) is 20.9 Å². The normalized spacial score (nSPS) is 15.7. The Balaban J connectivity index is 2.17. The van der Waals surface area contributed by atoms with Gasteiger partial charge in [-0.3, -0.25) is 4.99 Å². The number of aliphatic imine (C=N–C) groups is 1. The minimum Gasteiger partial charge on any atom is -0.444 e. The fourth-order valence-electron chi connectivity index (χ4n) is 2.23. The third kappa shape index (κ3) is 9.91. The van der Waals surface area contributed by atoms with Crippen molar-refractivity contribution in [3.8, 4) is 0 Å². The first kappa shape index (κ1) is 22.9. The Hall–Kier alpha value is -2.19. The molecule has 0 saturated carbocycles. The van der Waals surface area contributed by atoms with Gasteiger partial charge < -0.3 is 30.3 Å². The molecule has 9 nitrogen and oxygen atoms in total. The molecule has 1 heterocycles. The number of rotatable bonds is 5. The Morgan fingerprint density at radius 3 is 2.07 bits per heavy atom. The number of carbonyl (C=O) groups excluding carboxylic acids is 2. The number of carbonyl (C=O) groups is 2. The van der Waals surface area contributed by atoms with Crippen LogP contribution in [-0.4, -0.2) is 73.5 Å². The largest absolute Gasteiger partial charge is 0.444 e. The molecular formula is C18H35N5O4. The van der Waals surface area contributed by atoms with Crippen LogP contribution < -0.4 is 16.0 Å². The number of nitrogens with one attached hydrogen (secondary N) is 3. The summed E-state index contributed by atoms with van der Waals surface area (Å²) < 4.78 is 10.5. The molecule has 0 radical (unpaired) electrons. The lowest BCUT2D eigenvalue weighted by Gasteiger charge is -2.40. The molecule has 0 aliphatic carbocycles. The van der Waals surface area contributed by atoms with Crippen molar-refractivity contribution in [2.24, 2.45) is 4.99 Å². The zero-order chi connectivity index (χ0) is 20.7. The van der Waals surface area contributed by atoms with Crippen molar-refractivity contribution in [1.29, 1.82) is 0 Å². The SMILES string of the molecule is CN=C(NCCCNC(=O)OC(C)(C)C)NC1CN(C(=O)OC(C)(C)C)C1. The summed E-state index contributed by atoms with van der Waals surface area (Å²) in [6, 6.07) is 0.142. The molecule has 0 bridgehead atoms. The van der Waals surface area contributed by atoms with E-state index < -0.39 is 17.3 Å². The molecule has 27 heavy (non-hydrogen) atoms. The smallest absolute Gasteiger partial charge is 0.410 e. The summed E-state index contributed by atoms with van der Waals surface area (Å²) in [5, 5.41) is 9.16. The van der Waals surface area contributed by atoms with Gasteiger partial charge in [0.1, 0.15) is 11.2 Å². The molecular weight excluding hydrogens is 350 g/mol. The molecule has 3 N–H and O–H groups in total. The Labute approximate surface area is 162 Å². The molecule has 9 heteroatoms. The van der Waals surface area contributed by atoms with Gasteiger partial charge in [0.25, 0.3) is 0 Å². The van der Waals surface area contributed by atoms with Crippen LogP contribution >= 0.6 is 0 Å². The average molecular weight is 386 g/mol. The molecule has 1 aliphatic rings. The van der Waals surface area contributed by atoms with Crippen LogP contribution in [0.1, 0.15) is 48.0 Å². The van der Waals surface area contributed by atoms with Crippen molar-refractivity contribution in [2.45, 2.75) is 65.2 Å². The van der Waals surface area contributed by atoms with E-state index in [9.17, 15) is 9.59 Å². The first-order valence-electron chi connectivity index (χ1n) is 9.31. The standard InChI is InChI=1S/C18H35N5O4/c1-17(2,3)26-15(24)21-10-8-9-20-14(19-7)22-13-11-23(12-13)16(25)27-18(4,5)6/h13H,8-12H2,1-7H3,(H,21,24)(H2,19,20,22). The van der Waals surface area contributed by atoms with Gasteiger partial charge in [-0.1, -0.05) is 0 Å². The summed E-state index contributed by atoms with van der Waals surface area (Å²) in [6.07, 6.45) is 0.0210. The van der Waals surface area contributed by atoms with Gasteiger partial charge in [-0.2, -0.15) is 0 Å². The minimum absolute atomic E-state index is 0.142. The van der Waals surface area contributed by atoms with Gasteiger partial charge in [-0.05, 0) is 48.0 Å². The van der Waals surface area contributed by atoms with Crippen LogP contribution in [0, 0.1) is 0 Å². The van der Waals surface area contributed by atoms with Crippen LogP contribution in [0.2, 0.25) is 0 Å². The summed E-state index contributed by atoms with van der Waals surface area (Å²) in [5.74, 6) is 0.668. The van der Waals surface area contributed by atoms with E-state index in [0.717, 1.165) is 6.42 Å². The maximum Gasteiger partial charge on any atom is 0.410 e. The zero-order valence-electron chi connectivity index (χ0n) is 17.6. The Morgan fingerprint density at radius 2 is 1.56 bits per heavy atom. The number of alkyl carbamates (subject to hydrolysis) is 1. The third-order valence-electron chi connectivity index (χ3n) is 3.41. The lowest BCUT2D eigenvalue weighted by Crippen LogP contribution is -2.63. The first-order chi connectivity index (χ1) is 12.4. The van der Waals surface area contributed by atoms with E-state index >= 15 is 0 Å². The number of hydrogen-bond donors (Lipinski definition) is 3. The van der Waals surface area contributed by atoms with E-state index in [0.29, 0.717) is 32.1 Å². The highest BCUT2D eigenvalue weighted by Crippen LogP contribution is 2.15. The van der Waals surface area contributed by atoms with E-state index in [-0.39, 0.29) is 12.1 Å². The maximum absolute atomic E-state index is 11.9. The van der Waals surface area contributed by atoms with Crippen LogP contribution in [0.3, 0.4) is 0 Å². The highest BCUT2D eigenvalue weighted by atomic mass is 16.6. The highest BCUT2D eigenvalue weighted by Gasteiger charge is 2.34. The molecule has 0 aromatic rings. The Morgan fingerprint density at radius 1 is 1.00 bits per heavy atom. The van der Waals surface area contributed by atoms with Gasteiger partial charge in [0.2, 0.25) is 0 Å². The molecule has 0 atom stereocenters. The van der Waals surface area contributed by atoms with Crippen molar-refractivity contribution >= 4 is 18.1 Å². The van der Waals surface area contributed by atoms with Crippen molar-refractivity contribution in [2.75, 3.05) is 33.2 Å². The van der Waals surface area contributed by atoms with E-state index in [1.165, 1.54) is 0 Å². The molecule has 2 amide bonds. The quantitative estimate of drug-likeness (QED) is 0.378. The molecule has 0 unspecified atom stereocenters. The van der Waals surface area contributed by atoms with Crippen molar-refractivity contribution in [3.63, 3.8) is 0 Å². The van der Waals surface area contributed by atoms with Gasteiger partial charge in [0, 0.05) is 33.2 Å². The molecule has 0 spiro atoms. The van der Waals surface area contributed by atoms with Gasteiger partial charge in [-0.15, -0.1) is 0 Å². The number of hydrogen-bond acceptors (Lipinski definition) is 5. The molecule has 156 valence electrons. The number of nitrogens with zero attached hydrogens (tertiary/aromatic N) is 2. The second kappa shape index (κ2) is 9.66. The summed E-state index contributed by atoms with van der Waals surface area (Å²) in [6.45, 7) is 13.4. The molecule has 1 saturated heterocycles. The number of amides is 2. The number of likely N-dealkylation sites (tertiary alicyclic amines) is 1. The highest BCUT2D eigenvalue weighted by molar-refractivity contribution is 5.80. The van der Waals surface area contributed by atoms with Gasteiger partial charge in [0.05, 0.1) is 6.04 Å². The molecule has 1 rings (SSSR count). The zero-order valence-corrected chi connectivity index (χ0v) is 17.6. The second-order valence-corrected chi connectivity index (χ2v) is 8.51. The second-order valence-electron chi connectivity index (χ2n) is 8.51. The Kier molecular flexibility index (Phi) is 8.18. The lowest BCUT2D eigenvalue weighted by molar-refractivity contribution is 0.00698. The van der Waals surface area contributed by atoms with Crippen LogP contribution in [0.5, 0.6) is 0 Å². The van der Waals surface area contributed by atoms with Crippen molar-refractivity contribution in [3.05, 3.63) is 0 Å². The monoisotopic (exact) mass is 385 g/mol. The van der Waals surface area contributed by atoms with Gasteiger partial charge in [0.15, 0.2) is 5.96 Å². The third-order valence-corrected chi connectivity index (χ3v) is 3.41. The summed E-state index contributed by atoms with van der Waals surface area (Å²) in [5.41, 5.74) is -0.981. The predicted molar refractivity (Wildman–Crippen MR) is 105 cm³/mol. The molecule has 1 aliphatic heterocycles. The van der Waals surface area contributed by atoms with Crippen LogP contribution in [0.15, 0.2) is 4.99 Å². The topological polar surface area (TPSA) is 104 Å². The van der Waals surface area contributed by atoms with Crippen molar-refractivity contribution in [1.82, 2.24) is 20.9 Å². The number of ether oxygens (including phenoxy) is 2. The fraction of sp³-hybridized carbons (Fsp3) is 0.833. The Bertz CT molecular complexity index is 531. The van der Waals surface area contributed by atoms with Gasteiger partial charge in [-0.25, -0.2) is 9.59 Å². The lowest BCUT2D eigenvalue weighted by atomic mass is 10.1. The first-order valence-corrected chi connectivity index (χ1v) is 9.31.